The lowest BCUT2D eigenvalue weighted by Crippen LogP contribution is -1.91. The van der Waals surface area contributed by atoms with Crippen LogP contribution in [0.2, 0.25) is 0 Å². The van der Waals surface area contributed by atoms with Crippen LogP contribution in [0.5, 0.6) is 0 Å². The predicted molar refractivity (Wildman–Crippen MR) is 51.7 cm³/mol. The quantitative estimate of drug-likeness (QED) is 0.629. The molecular weight excluding hydrogens is 146 g/mol. The second-order valence-electron chi connectivity index (χ2n) is 3.21. The first-order chi connectivity index (χ1) is 5.92. The molecule has 12 heavy (non-hydrogen) atoms. The van der Waals surface area contributed by atoms with E-state index < -0.39 is 0 Å². The third kappa shape index (κ3) is 1.15. The summed E-state index contributed by atoms with van der Waals surface area (Å²) in [7, 11) is 0. The van der Waals surface area contributed by atoms with Gasteiger partial charge in [-0.15, -0.1) is 0 Å². The van der Waals surface area contributed by atoms with Crippen molar-refractivity contribution in [3.05, 3.63) is 35.4 Å². The fourth-order valence-corrected chi connectivity index (χ4v) is 1.69. The third-order valence-corrected chi connectivity index (χ3v) is 2.31. The van der Waals surface area contributed by atoms with Crippen molar-refractivity contribution in [1.29, 1.82) is 0 Å². The van der Waals surface area contributed by atoms with Gasteiger partial charge in [-0.3, -0.25) is 4.99 Å². The van der Waals surface area contributed by atoms with Crippen LogP contribution in [0, 0.1) is 0 Å². The fraction of sp³-hybridized carbons (Fsp3) is 0.364. The molecule has 1 unspecified atom stereocenters. The SMILES string of the molecule is CCCC1N=Cc2ccccc21. The van der Waals surface area contributed by atoms with E-state index in [1.165, 1.54) is 24.0 Å². The van der Waals surface area contributed by atoms with Gasteiger partial charge in [0.25, 0.3) is 0 Å². The van der Waals surface area contributed by atoms with E-state index in [1.807, 2.05) is 6.21 Å². The minimum absolute atomic E-state index is 0.436. The monoisotopic (exact) mass is 159 g/mol. The van der Waals surface area contributed by atoms with E-state index in [-0.39, 0.29) is 0 Å². The van der Waals surface area contributed by atoms with Crippen molar-refractivity contribution < 1.29 is 0 Å². The van der Waals surface area contributed by atoms with E-state index in [0.717, 1.165) is 0 Å². The Labute approximate surface area is 73.1 Å². The maximum atomic E-state index is 4.47. The Morgan fingerprint density at radius 1 is 1.33 bits per heavy atom. The number of rotatable bonds is 2. The number of hydrogen-bond donors (Lipinski definition) is 0. The topological polar surface area (TPSA) is 12.4 Å². The summed E-state index contributed by atoms with van der Waals surface area (Å²) in [5.41, 5.74) is 2.70. The molecule has 0 aliphatic carbocycles. The first-order valence-electron chi connectivity index (χ1n) is 4.54. The lowest BCUT2D eigenvalue weighted by Gasteiger charge is -2.06. The molecule has 2 rings (SSSR count). The molecule has 1 heteroatoms. The first kappa shape index (κ1) is 7.53. The Hall–Kier alpha value is -1.11. The summed E-state index contributed by atoms with van der Waals surface area (Å²) >= 11 is 0. The number of fused-ring (bicyclic) bond motifs is 1. The molecule has 0 N–H and O–H groups in total. The highest BCUT2D eigenvalue weighted by atomic mass is 14.8. The van der Waals surface area contributed by atoms with E-state index in [0.29, 0.717) is 6.04 Å². The van der Waals surface area contributed by atoms with Crippen molar-refractivity contribution >= 4 is 6.21 Å². The Bertz CT molecular complexity index is 302. The van der Waals surface area contributed by atoms with Crippen LogP contribution in [-0.2, 0) is 0 Å². The average Bonchev–Trinajstić information content (AvgIpc) is 2.50. The number of nitrogens with zero attached hydrogens (tertiary/aromatic N) is 1. The minimum atomic E-state index is 0.436. The van der Waals surface area contributed by atoms with Gasteiger partial charge in [-0.25, -0.2) is 0 Å². The van der Waals surface area contributed by atoms with Crippen LogP contribution in [0.25, 0.3) is 0 Å². The van der Waals surface area contributed by atoms with E-state index in [4.69, 9.17) is 0 Å². The molecule has 0 amide bonds. The van der Waals surface area contributed by atoms with E-state index in [1.54, 1.807) is 0 Å². The van der Waals surface area contributed by atoms with Gasteiger partial charge in [-0.05, 0) is 17.5 Å². The van der Waals surface area contributed by atoms with Crippen LogP contribution in [0.3, 0.4) is 0 Å². The molecule has 1 aromatic rings. The molecular formula is C11H13N. The fourth-order valence-electron chi connectivity index (χ4n) is 1.69. The van der Waals surface area contributed by atoms with Crippen LogP contribution in [-0.4, -0.2) is 6.21 Å². The summed E-state index contributed by atoms with van der Waals surface area (Å²) in [5.74, 6) is 0. The van der Waals surface area contributed by atoms with E-state index in [2.05, 4.69) is 36.2 Å². The van der Waals surface area contributed by atoms with Gasteiger partial charge in [-0.2, -0.15) is 0 Å². The summed E-state index contributed by atoms with van der Waals surface area (Å²) in [6.45, 7) is 2.20. The molecule has 1 aliphatic heterocycles. The zero-order valence-electron chi connectivity index (χ0n) is 7.33. The molecule has 0 spiro atoms. The Morgan fingerprint density at radius 2 is 2.17 bits per heavy atom. The first-order valence-corrected chi connectivity index (χ1v) is 4.54. The molecule has 1 heterocycles. The zero-order valence-corrected chi connectivity index (χ0v) is 7.33. The maximum absolute atomic E-state index is 4.47. The van der Waals surface area contributed by atoms with Gasteiger partial charge in [0.05, 0.1) is 6.04 Å². The molecule has 0 saturated heterocycles. The van der Waals surface area contributed by atoms with Crippen LogP contribution in [0.15, 0.2) is 29.3 Å². The van der Waals surface area contributed by atoms with E-state index >= 15 is 0 Å². The second kappa shape index (κ2) is 3.10. The predicted octanol–water partition coefficient (Wildman–Crippen LogP) is 2.96. The largest absolute Gasteiger partial charge is 0.284 e. The minimum Gasteiger partial charge on any atom is -0.284 e. The summed E-state index contributed by atoms with van der Waals surface area (Å²) < 4.78 is 0. The molecule has 0 saturated carbocycles. The van der Waals surface area contributed by atoms with Crippen molar-refractivity contribution in [3.63, 3.8) is 0 Å². The van der Waals surface area contributed by atoms with Crippen LogP contribution < -0.4 is 0 Å². The number of aliphatic imine (C=N–C) groups is 1. The molecule has 0 bridgehead atoms. The zero-order chi connectivity index (χ0) is 8.39. The normalized spacial score (nSPS) is 19.6. The Morgan fingerprint density at radius 3 is 3.00 bits per heavy atom. The van der Waals surface area contributed by atoms with E-state index in [9.17, 15) is 0 Å². The van der Waals surface area contributed by atoms with Crippen molar-refractivity contribution in [2.45, 2.75) is 25.8 Å². The van der Waals surface area contributed by atoms with Gasteiger partial charge < -0.3 is 0 Å². The lowest BCUT2D eigenvalue weighted by molar-refractivity contribution is 0.652. The Kier molecular flexibility index (Phi) is 1.94. The van der Waals surface area contributed by atoms with Crippen molar-refractivity contribution in [3.8, 4) is 0 Å². The van der Waals surface area contributed by atoms with Gasteiger partial charge >= 0.3 is 0 Å². The summed E-state index contributed by atoms with van der Waals surface area (Å²) in [6.07, 6.45) is 4.37. The molecule has 1 aromatic carbocycles. The highest BCUT2D eigenvalue weighted by Gasteiger charge is 2.15. The summed E-state index contributed by atoms with van der Waals surface area (Å²) in [5, 5.41) is 0. The van der Waals surface area contributed by atoms with Gasteiger partial charge in [-0.1, -0.05) is 37.6 Å². The molecule has 1 nitrogen and oxygen atoms in total. The van der Waals surface area contributed by atoms with Crippen LogP contribution in [0.4, 0.5) is 0 Å². The smallest absolute Gasteiger partial charge is 0.0755 e. The molecule has 1 aliphatic rings. The van der Waals surface area contributed by atoms with Crippen molar-refractivity contribution in [2.75, 3.05) is 0 Å². The summed E-state index contributed by atoms with van der Waals surface area (Å²) in [4.78, 5) is 4.47. The van der Waals surface area contributed by atoms with Gasteiger partial charge in [0.2, 0.25) is 0 Å². The van der Waals surface area contributed by atoms with Crippen LogP contribution >= 0.6 is 0 Å². The average molecular weight is 159 g/mol. The van der Waals surface area contributed by atoms with Crippen molar-refractivity contribution in [1.82, 2.24) is 0 Å². The molecule has 0 radical (unpaired) electrons. The van der Waals surface area contributed by atoms with Gasteiger partial charge in [0, 0.05) is 6.21 Å². The molecule has 0 fully saturated rings. The number of hydrogen-bond acceptors (Lipinski definition) is 1. The van der Waals surface area contributed by atoms with Crippen molar-refractivity contribution in [2.24, 2.45) is 4.99 Å². The molecule has 1 atom stereocenters. The molecule has 62 valence electrons. The van der Waals surface area contributed by atoms with Crippen LogP contribution in [0.1, 0.15) is 36.9 Å². The standard InChI is InChI=1S/C11H13N/c1-2-5-11-10-7-4-3-6-9(10)8-12-11/h3-4,6-8,11H,2,5H2,1H3. The highest BCUT2D eigenvalue weighted by molar-refractivity contribution is 5.85. The summed E-state index contributed by atoms with van der Waals surface area (Å²) in [6, 6.07) is 8.91. The van der Waals surface area contributed by atoms with Gasteiger partial charge in [0.15, 0.2) is 0 Å². The second-order valence-corrected chi connectivity index (χ2v) is 3.21. The Balaban J connectivity index is 2.30. The maximum Gasteiger partial charge on any atom is 0.0755 e. The van der Waals surface area contributed by atoms with Gasteiger partial charge in [0.1, 0.15) is 0 Å². The number of benzene rings is 1. The lowest BCUT2D eigenvalue weighted by atomic mass is 10.0. The third-order valence-electron chi connectivity index (χ3n) is 2.31. The molecule has 0 aromatic heterocycles. The highest BCUT2D eigenvalue weighted by Crippen LogP contribution is 2.29.